The molecule has 1 aliphatic heterocycles. The molecule has 20 heavy (non-hydrogen) atoms. The topological polar surface area (TPSA) is 29.5 Å². The highest BCUT2D eigenvalue weighted by molar-refractivity contribution is 6.44. The Morgan fingerprint density at radius 3 is 2.75 bits per heavy atom. The van der Waals surface area contributed by atoms with Gasteiger partial charge in [-0.2, -0.15) is 0 Å². The Balaban J connectivity index is 2.02. The summed E-state index contributed by atoms with van der Waals surface area (Å²) in [5.41, 5.74) is 1.15. The number of hydrogen-bond donors (Lipinski definition) is 0. The molecule has 0 saturated heterocycles. The van der Waals surface area contributed by atoms with Crippen molar-refractivity contribution in [1.82, 2.24) is 0 Å². The van der Waals surface area contributed by atoms with Gasteiger partial charge in [-0.15, -0.1) is 0 Å². The van der Waals surface area contributed by atoms with Crippen LogP contribution in [0.5, 0.6) is 5.75 Å². The fourth-order valence-electron chi connectivity index (χ4n) is 2.19. The molecule has 0 bridgehead atoms. The van der Waals surface area contributed by atoms with Gasteiger partial charge in [0, 0.05) is 0 Å². The smallest absolute Gasteiger partial charge is 0.260 e. The minimum absolute atomic E-state index is 0.173. The molecular weight excluding hydrogens is 297 g/mol. The molecule has 1 aliphatic rings. The number of amides is 1. The third-order valence-electron chi connectivity index (χ3n) is 3.16. The molecule has 2 aromatic carbocycles. The number of benzene rings is 2. The lowest BCUT2D eigenvalue weighted by molar-refractivity contribution is 0.0976. The second-order valence-electron chi connectivity index (χ2n) is 4.37. The number of carbonyl (C=O) groups is 1. The molecule has 0 fully saturated rings. The van der Waals surface area contributed by atoms with Gasteiger partial charge in [-0.3, -0.25) is 4.79 Å². The van der Waals surface area contributed by atoms with Gasteiger partial charge in [0.25, 0.3) is 5.91 Å². The van der Waals surface area contributed by atoms with E-state index in [1.165, 1.54) is 0 Å². The number of hydrogen-bond acceptors (Lipinski definition) is 2. The maximum atomic E-state index is 12.7. The van der Waals surface area contributed by atoms with E-state index in [4.69, 9.17) is 27.9 Å². The Kier molecular flexibility index (Phi) is 3.55. The Bertz CT molecular complexity index is 673. The van der Waals surface area contributed by atoms with E-state index >= 15 is 0 Å². The molecule has 0 N–H and O–H groups in total. The van der Waals surface area contributed by atoms with E-state index in [9.17, 15) is 4.79 Å². The Labute approximate surface area is 126 Å². The number of rotatable bonds is 1. The lowest BCUT2D eigenvalue weighted by atomic mass is 10.1. The average Bonchev–Trinajstić information content (AvgIpc) is 2.49. The first-order chi connectivity index (χ1) is 9.68. The standard InChI is InChI=1S/C15H11Cl2NO2/c16-11-5-3-4-10(14(11)17)15(19)18-8-9-20-13-7-2-1-6-12(13)18/h1-7H,8-9H2. The first-order valence-corrected chi connectivity index (χ1v) is 6.92. The summed E-state index contributed by atoms with van der Waals surface area (Å²) in [4.78, 5) is 14.3. The van der Waals surface area contributed by atoms with Crippen molar-refractivity contribution in [3.63, 3.8) is 0 Å². The quantitative estimate of drug-likeness (QED) is 0.796. The van der Waals surface area contributed by atoms with Gasteiger partial charge in [0.15, 0.2) is 0 Å². The van der Waals surface area contributed by atoms with Gasteiger partial charge in [-0.1, -0.05) is 41.4 Å². The summed E-state index contributed by atoms with van der Waals surface area (Å²) in [6, 6.07) is 12.5. The Morgan fingerprint density at radius 1 is 1.10 bits per heavy atom. The molecule has 5 heteroatoms. The zero-order chi connectivity index (χ0) is 14.1. The van der Waals surface area contributed by atoms with E-state index in [-0.39, 0.29) is 10.9 Å². The summed E-state index contributed by atoms with van der Waals surface area (Å²) in [5, 5.41) is 0.655. The van der Waals surface area contributed by atoms with Crippen molar-refractivity contribution in [3.05, 3.63) is 58.1 Å². The normalized spacial score (nSPS) is 13.6. The van der Waals surface area contributed by atoms with Gasteiger partial charge in [0.1, 0.15) is 12.4 Å². The van der Waals surface area contributed by atoms with Crippen LogP contribution in [0.3, 0.4) is 0 Å². The minimum Gasteiger partial charge on any atom is -0.490 e. The van der Waals surface area contributed by atoms with Crippen LogP contribution < -0.4 is 9.64 Å². The average molecular weight is 308 g/mol. The van der Waals surface area contributed by atoms with E-state index in [1.807, 2.05) is 24.3 Å². The van der Waals surface area contributed by atoms with Crippen molar-refractivity contribution in [2.75, 3.05) is 18.1 Å². The van der Waals surface area contributed by atoms with Crippen LogP contribution >= 0.6 is 23.2 Å². The summed E-state index contributed by atoms with van der Waals surface area (Å²) >= 11 is 12.1. The molecule has 0 atom stereocenters. The maximum Gasteiger partial charge on any atom is 0.260 e. The van der Waals surface area contributed by atoms with Crippen molar-refractivity contribution in [2.45, 2.75) is 0 Å². The van der Waals surface area contributed by atoms with Crippen molar-refractivity contribution in [2.24, 2.45) is 0 Å². The van der Waals surface area contributed by atoms with Gasteiger partial charge in [0.05, 0.1) is 27.8 Å². The number of ether oxygens (including phenoxy) is 1. The summed E-state index contributed by atoms with van der Waals surface area (Å²) < 4.78 is 5.54. The highest BCUT2D eigenvalue weighted by Crippen LogP contribution is 2.34. The van der Waals surface area contributed by atoms with E-state index in [2.05, 4.69) is 0 Å². The number of carbonyl (C=O) groups excluding carboxylic acids is 1. The fraction of sp³-hybridized carbons (Fsp3) is 0.133. The van der Waals surface area contributed by atoms with Crippen molar-refractivity contribution in [1.29, 1.82) is 0 Å². The second kappa shape index (κ2) is 5.35. The summed E-state index contributed by atoms with van der Waals surface area (Å²) in [6.45, 7) is 0.944. The SMILES string of the molecule is O=C(c1cccc(Cl)c1Cl)N1CCOc2ccccc21. The molecule has 0 aliphatic carbocycles. The number of fused-ring (bicyclic) bond motifs is 1. The van der Waals surface area contributed by atoms with Gasteiger partial charge >= 0.3 is 0 Å². The van der Waals surface area contributed by atoms with E-state index < -0.39 is 0 Å². The number of halogens is 2. The van der Waals surface area contributed by atoms with E-state index in [0.29, 0.717) is 29.5 Å². The summed E-state index contributed by atoms with van der Waals surface area (Å²) in [5.74, 6) is 0.526. The lowest BCUT2D eigenvalue weighted by Crippen LogP contribution is -2.38. The van der Waals surface area contributed by atoms with Gasteiger partial charge < -0.3 is 9.64 Å². The van der Waals surface area contributed by atoms with E-state index in [1.54, 1.807) is 23.1 Å². The van der Waals surface area contributed by atoms with Crippen LogP contribution in [-0.2, 0) is 0 Å². The Morgan fingerprint density at radius 2 is 1.90 bits per heavy atom. The predicted octanol–water partition coefficient (Wildman–Crippen LogP) is 4.03. The largest absolute Gasteiger partial charge is 0.490 e. The van der Waals surface area contributed by atoms with Crippen LogP contribution in [0.4, 0.5) is 5.69 Å². The van der Waals surface area contributed by atoms with Gasteiger partial charge in [0.2, 0.25) is 0 Å². The zero-order valence-electron chi connectivity index (χ0n) is 10.5. The summed E-state index contributed by atoms with van der Waals surface area (Å²) in [6.07, 6.45) is 0. The van der Waals surface area contributed by atoms with Crippen molar-refractivity contribution in [3.8, 4) is 5.75 Å². The molecule has 0 aromatic heterocycles. The molecule has 0 radical (unpaired) electrons. The third-order valence-corrected chi connectivity index (χ3v) is 3.97. The fourth-order valence-corrected chi connectivity index (χ4v) is 2.58. The number of nitrogens with zero attached hydrogens (tertiary/aromatic N) is 1. The second-order valence-corrected chi connectivity index (χ2v) is 5.16. The predicted molar refractivity (Wildman–Crippen MR) is 80.1 cm³/mol. The molecule has 3 nitrogen and oxygen atoms in total. The first kappa shape index (κ1) is 13.3. The molecule has 0 spiro atoms. The first-order valence-electron chi connectivity index (χ1n) is 6.16. The lowest BCUT2D eigenvalue weighted by Gasteiger charge is -2.29. The zero-order valence-corrected chi connectivity index (χ0v) is 12.0. The molecule has 2 aromatic rings. The molecule has 1 heterocycles. The van der Waals surface area contributed by atoms with Crippen LogP contribution in [0.15, 0.2) is 42.5 Å². The van der Waals surface area contributed by atoms with Crippen LogP contribution in [0.25, 0.3) is 0 Å². The van der Waals surface area contributed by atoms with Crippen molar-refractivity contribution < 1.29 is 9.53 Å². The number of para-hydroxylation sites is 2. The molecular formula is C15H11Cl2NO2. The molecule has 0 unspecified atom stereocenters. The summed E-state index contributed by atoms with van der Waals surface area (Å²) in [7, 11) is 0. The minimum atomic E-state index is -0.173. The molecule has 3 rings (SSSR count). The highest BCUT2D eigenvalue weighted by atomic mass is 35.5. The number of anilines is 1. The molecule has 102 valence electrons. The molecule has 0 saturated carbocycles. The monoisotopic (exact) mass is 307 g/mol. The van der Waals surface area contributed by atoms with Crippen LogP contribution in [0.2, 0.25) is 10.0 Å². The molecule has 1 amide bonds. The van der Waals surface area contributed by atoms with Crippen LogP contribution in [-0.4, -0.2) is 19.1 Å². The van der Waals surface area contributed by atoms with Gasteiger partial charge in [-0.05, 0) is 24.3 Å². The third kappa shape index (κ3) is 2.23. The van der Waals surface area contributed by atoms with Crippen LogP contribution in [0.1, 0.15) is 10.4 Å². The highest BCUT2D eigenvalue weighted by Gasteiger charge is 2.26. The Hall–Kier alpha value is -1.71. The van der Waals surface area contributed by atoms with E-state index in [0.717, 1.165) is 5.69 Å². The van der Waals surface area contributed by atoms with Crippen molar-refractivity contribution >= 4 is 34.8 Å². The van der Waals surface area contributed by atoms with Crippen LogP contribution in [0, 0.1) is 0 Å². The van der Waals surface area contributed by atoms with Gasteiger partial charge in [-0.25, -0.2) is 0 Å². The maximum absolute atomic E-state index is 12.7.